The molecule has 1 aromatic heterocycles. The lowest BCUT2D eigenvalue weighted by atomic mass is 9.92. The summed E-state index contributed by atoms with van der Waals surface area (Å²) in [5.41, 5.74) is 0.993. The maximum absolute atomic E-state index is 12.6. The monoisotopic (exact) mass is 299 g/mol. The van der Waals surface area contributed by atoms with Gasteiger partial charge in [0.25, 0.3) is 0 Å². The Morgan fingerprint density at radius 1 is 1.23 bits per heavy atom. The van der Waals surface area contributed by atoms with Crippen molar-refractivity contribution in [3.8, 4) is 5.75 Å². The molecule has 4 heteroatoms. The summed E-state index contributed by atoms with van der Waals surface area (Å²) >= 11 is 0. The van der Waals surface area contributed by atoms with Gasteiger partial charge in [-0.3, -0.25) is 4.79 Å². The lowest BCUT2D eigenvalue weighted by Gasteiger charge is -2.21. The van der Waals surface area contributed by atoms with Crippen molar-refractivity contribution < 1.29 is 13.9 Å². The highest BCUT2D eigenvalue weighted by atomic mass is 16.5. The van der Waals surface area contributed by atoms with Gasteiger partial charge in [0.1, 0.15) is 11.5 Å². The van der Waals surface area contributed by atoms with Gasteiger partial charge < -0.3 is 14.1 Å². The molecule has 0 N–H and O–H groups in total. The van der Waals surface area contributed by atoms with E-state index in [0.29, 0.717) is 6.42 Å². The lowest BCUT2D eigenvalue weighted by Crippen LogP contribution is -2.29. The Hall–Kier alpha value is -2.23. The fourth-order valence-corrected chi connectivity index (χ4v) is 3.08. The second-order valence-corrected chi connectivity index (χ2v) is 5.60. The summed E-state index contributed by atoms with van der Waals surface area (Å²) < 4.78 is 11.1. The number of para-hydroxylation sites is 1. The van der Waals surface area contributed by atoms with Crippen molar-refractivity contribution in [2.45, 2.75) is 25.2 Å². The van der Waals surface area contributed by atoms with Crippen LogP contribution >= 0.6 is 0 Å². The average Bonchev–Trinajstić information content (AvgIpc) is 3.25. The Bertz CT molecular complexity index is 615. The zero-order valence-electron chi connectivity index (χ0n) is 12.8. The summed E-state index contributed by atoms with van der Waals surface area (Å²) in [6.07, 6.45) is 4.27. The number of carbonyl (C=O) groups is 1. The molecule has 22 heavy (non-hydrogen) atoms. The first kappa shape index (κ1) is 14.7. The third kappa shape index (κ3) is 3.01. The van der Waals surface area contributed by atoms with E-state index < -0.39 is 0 Å². The molecule has 0 saturated carbocycles. The normalized spacial score (nSPS) is 15.8. The van der Waals surface area contributed by atoms with E-state index in [1.165, 1.54) is 0 Å². The SMILES string of the molecule is COc1ccccc1[C@H](CC(=O)N1CCCC1)c1ccco1. The number of hydrogen-bond acceptors (Lipinski definition) is 3. The molecule has 0 aliphatic carbocycles. The second-order valence-electron chi connectivity index (χ2n) is 5.60. The van der Waals surface area contributed by atoms with Crippen molar-refractivity contribution in [1.29, 1.82) is 0 Å². The zero-order valence-corrected chi connectivity index (χ0v) is 12.8. The Kier molecular flexibility index (Phi) is 4.47. The largest absolute Gasteiger partial charge is 0.496 e. The Labute approximate surface area is 130 Å². The van der Waals surface area contributed by atoms with Crippen molar-refractivity contribution in [2.24, 2.45) is 0 Å². The number of carbonyl (C=O) groups excluding carboxylic acids is 1. The third-order valence-corrected chi connectivity index (χ3v) is 4.24. The van der Waals surface area contributed by atoms with Crippen LogP contribution in [0.4, 0.5) is 0 Å². The Morgan fingerprint density at radius 3 is 2.68 bits per heavy atom. The fraction of sp³-hybridized carbons (Fsp3) is 0.389. The van der Waals surface area contributed by atoms with Crippen LogP contribution < -0.4 is 4.74 Å². The minimum absolute atomic E-state index is 0.112. The molecule has 3 rings (SSSR count). The van der Waals surface area contributed by atoms with Gasteiger partial charge in [-0.2, -0.15) is 0 Å². The number of methoxy groups -OCH3 is 1. The Morgan fingerprint density at radius 2 is 2.00 bits per heavy atom. The molecular weight excluding hydrogens is 278 g/mol. The fourth-order valence-electron chi connectivity index (χ4n) is 3.08. The van der Waals surface area contributed by atoms with Crippen LogP contribution in [0.2, 0.25) is 0 Å². The molecule has 1 saturated heterocycles. The van der Waals surface area contributed by atoms with Crippen LogP contribution in [0.3, 0.4) is 0 Å². The van der Waals surface area contributed by atoms with Gasteiger partial charge in [-0.15, -0.1) is 0 Å². The average molecular weight is 299 g/mol. The highest BCUT2D eigenvalue weighted by Gasteiger charge is 2.27. The van der Waals surface area contributed by atoms with E-state index in [0.717, 1.165) is 43.0 Å². The van der Waals surface area contributed by atoms with E-state index in [9.17, 15) is 4.79 Å². The molecule has 2 heterocycles. The number of amides is 1. The van der Waals surface area contributed by atoms with Gasteiger partial charge in [-0.1, -0.05) is 18.2 Å². The van der Waals surface area contributed by atoms with Gasteiger partial charge in [-0.05, 0) is 31.0 Å². The van der Waals surface area contributed by atoms with Crippen molar-refractivity contribution in [3.05, 3.63) is 54.0 Å². The predicted molar refractivity (Wildman–Crippen MR) is 84.0 cm³/mol. The molecule has 0 spiro atoms. The molecule has 1 atom stereocenters. The van der Waals surface area contributed by atoms with Crippen LogP contribution in [0.25, 0.3) is 0 Å². The number of ether oxygens (including phenoxy) is 1. The van der Waals surface area contributed by atoms with Crippen LogP contribution in [0.1, 0.15) is 36.5 Å². The minimum Gasteiger partial charge on any atom is -0.496 e. The summed E-state index contributed by atoms with van der Waals surface area (Å²) in [6.45, 7) is 1.74. The topological polar surface area (TPSA) is 42.7 Å². The summed E-state index contributed by atoms with van der Waals surface area (Å²) in [5, 5.41) is 0. The first-order valence-corrected chi connectivity index (χ1v) is 7.73. The van der Waals surface area contributed by atoms with Gasteiger partial charge in [-0.25, -0.2) is 0 Å². The van der Waals surface area contributed by atoms with Gasteiger partial charge >= 0.3 is 0 Å². The molecule has 1 fully saturated rings. The highest BCUT2D eigenvalue weighted by Crippen LogP contribution is 2.35. The molecule has 4 nitrogen and oxygen atoms in total. The quantitative estimate of drug-likeness (QED) is 0.849. The van der Waals surface area contributed by atoms with Gasteiger partial charge in [0, 0.05) is 25.1 Å². The van der Waals surface area contributed by atoms with Crippen molar-refractivity contribution in [3.63, 3.8) is 0 Å². The van der Waals surface area contributed by atoms with Crippen LogP contribution in [0, 0.1) is 0 Å². The second kappa shape index (κ2) is 6.69. The van der Waals surface area contributed by atoms with E-state index in [4.69, 9.17) is 9.15 Å². The number of nitrogens with zero attached hydrogens (tertiary/aromatic N) is 1. The van der Waals surface area contributed by atoms with Crippen LogP contribution in [-0.4, -0.2) is 31.0 Å². The number of benzene rings is 1. The standard InChI is InChI=1S/C18H21NO3/c1-21-16-8-3-2-7-14(16)15(17-9-6-12-22-17)13-18(20)19-10-4-5-11-19/h2-3,6-9,12,15H,4-5,10-11,13H2,1H3/t15-/m0/s1. The third-order valence-electron chi connectivity index (χ3n) is 4.24. The summed E-state index contributed by atoms with van der Waals surface area (Å²) in [5.74, 6) is 1.67. The van der Waals surface area contributed by atoms with E-state index in [-0.39, 0.29) is 11.8 Å². The smallest absolute Gasteiger partial charge is 0.223 e. The van der Waals surface area contributed by atoms with E-state index in [1.807, 2.05) is 41.3 Å². The Balaban J connectivity index is 1.89. The number of hydrogen-bond donors (Lipinski definition) is 0. The molecule has 1 aromatic carbocycles. The first-order chi connectivity index (χ1) is 10.8. The lowest BCUT2D eigenvalue weighted by molar-refractivity contribution is -0.130. The molecule has 1 aliphatic rings. The van der Waals surface area contributed by atoms with Gasteiger partial charge in [0.15, 0.2) is 0 Å². The molecule has 1 amide bonds. The summed E-state index contributed by atoms with van der Waals surface area (Å²) in [6, 6.07) is 11.6. The molecular formula is C18H21NO3. The van der Waals surface area contributed by atoms with E-state index in [2.05, 4.69) is 0 Å². The first-order valence-electron chi connectivity index (χ1n) is 7.73. The maximum atomic E-state index is 12.6. The predicted octanol–water partition coefficient (Wildman–Crippen LogP) is 3.43. The van der Waals surface area contributed by atoms with Crippen molar-refractivity contribution in [2.75, 3.05) is 20.2 Å². The van der Waals surface area contributed by atoms with E-state index >= 15 is 0 Å². The van der Waals surface area contributed by atoms with Crippen LogP contribution in [0.15, 0.2) is 47.1 Å². The van der Waals surface area contributed by atoms with E-state index in [1.54, 1.807) is 13.4 Å². The van der Waals surface area contributed by atoms with Crippen molar-refractivity contribution in [1.82, 2.24) is 4.90 Å². The maximum Gasteiger partial charge on any atom is 0.223 e. The molecule has 2 aromatic rings. The molecule has 0 bridgehead atoms. The van der Waals surface area contributed by atoms with Crippen LogP contribution in [0.5, 0.6) is 5.75 Å². The molecule has 0 radical (unpaired) electrons. The van der Waals surface area contributed by atoms with Crippen LogP contribution in [-0.2, 0) is 4.79 Å². The number of likely N-dealkylation sites (tertiary alicyclic amines) is 1. The summed E-state index contributed by atoms with van der Waals surface area (Å²) in [4.78, 5) is 14.5. The highest BCUT2D eigenvalue weighted by molar-refractivity contribution is 5.78. The summed E-state index contributed by atoms with van der Waals surface area (Å²) in [7, 11) is 1.65. The van der Waals surface area contributed by atoms with Gasteiger partial charge in [0.2, 0.25) is 5.91 Å². The molecule has 0 unspecified atom stereocenters. The van der Waals surface area contributed by atoms with Gasteiger partial charge in [0.05, 0.1) is 19.3 Å². The number of furan rings is 1. The zero-order chi connectivity index (χ0) is 15.4. The minimum atomic E-state index is -0.112. The molecule has 116 valence electrons. The van der Waals surface area contributed by atoms with Crippen molar-refractivity contribution >= 4 is 5.91 Å². The number of rotatable bonds is 5. The molecule has 1 aliphatic heterocycles.